The SMILES string of the molecule is COc1cc(OC)cc(N(C(=O)CNC(=O)c2cccs2)C(C(=O)NCC2CCCO2)c2ccc(OC)c(OC)c2)c1. The molecule has 0 spiro atoms. The highest BCUT2D eigenvalue weighted by atomic mass is 32.1. The molecule has 1 fully saturated rings. The van der Waals surface area contributed by atoms with Gasteiger partial charge in [-0.25, -0.2) is 0 Å². The second kappa shape index (κ2) is 14.6. The number of amides is 3. The molecule has 0 radical (unpaired) electrons. The maximum Gasteiger partial charge on any atom is 0.261 e. The first-order chi connectivity index (χ1) is 20.4. The molecule has 0 saturated carbocycles. The van der Waals surface area contributed by atoms with Crippen LogP contribution in [0.2, 0.25) is 0 Å². The van der Waals surface area contributed by atoms with E-state index in [1.807, 2.05) is 0 Å². The molecule has 0 aliphatic carbocycles. The van der Waals surface area contributed by atoms with E-state index in [1.165, 1.54) is 44.7 Å². The standard InChI is InChI=1S/C30H35N3O8S/c1-37-22-14-20(15-23(16-22)38-2)33(27(34)18-32-29(35)26-8-6-12-42-26)28(30(36)31-17-21-7-5-11-41-21)19-9-10-24(39-3)25(13-19)40-4/h6,8-10,12-16,21,28H,5,7,11,17-18H2,1-4H3,(H,31,36)(H,32,35). The molecule has 2 unspecified atom stereocenters. The van der Waals surface area contributed by atoms with E-state index in [9.17, 15) is 14.4 Å². The number of hydrogen-bond acceptors (Lipinski definition) is 9. The number of carbonyl (C=O) groups is 3. The Morgan fingerprint density at radius 1 is 0.952 bits per heavy atom. The number of thiophene rings is 1. The Morgan fingerprint density at radius 3 is 2.29 bits per heavy atom. The third-order valence-electron chi connectivity index (χ3n) is 6.79. The summed E-state index contributed by atoms with van der Waals surface area (Å²) in [5.74, 6) is 0.287. The van der Waals surface area contributed by atoms with Gasteiger partial charge >= 0.3 is 0 Å². The summed E-state index contributed by atoms with van der Waals surface area (Å²) < 4.78 is 27.5. The average molecular weight is 598 g/mol. The Hall–Kier alpha value is -4.29. The highest BCUT2D eigenvalue weighted by Crippen LogP contribution is 2.37. The van der Waals surface area contributed by atoms with Gasteiger partial charge in [-0.3, -0.25) is 19.3 Å². The van der Waals surface area contributed by atoms with Gasteiger partial charge in [0.2, 0.25) is 11.8 Å². The molecule has 1 saturated heterocycles. The summed E-state index contributed by atoms with van der Waals surface area (Å²) in [6.07, 6.45) is 1.62. The fraction of sp³-hybridized carbons (Fsp3) is 0.367. The van der Waals surface area contributed by atoms with E-state index in [0.29, 0.717) is 45.7 Å². The maximum atomic E-state index is 14.0. The molecule has 1 aliphatic heterocycles. The van der Waals surface area contributed by atoms with Gasteiger partial charge in [0.05, 0.1) is 51.7 Å². The van der Waals surface area contributed by atoms with Crippen molar-refractivity contribution in [1.29, 1.82) is 0 Å². The van der Waals surface area contributed by atoms with E-state index in [-0.39, 0.29) is 19.2 Å². The first kappa shape index (κ1) is 30.7. The number of carbonyl (C=O) groups excluding carboxylic acids is 3. The summed E-state index contributed by atoms with van der Waals surface area (Å²) >= 11 is 1.26. The molecule has 11 nitrogen and oxygen atoms in total. The summed E-state index contributed by atoms with van der Waals surface area (Å²) in [4.78, 5) is 42.6. The van der Waals surface area contributed by atoms with E-state index in [1.54, 1.807) is 53.9 Å². The average Bonchev–Trinajstić information content (AvgIpc) is 3.75. The minimum absolute atomic E-state index is 0.119. The van der Waals surface area contributed by atoms with Crippen LogP contribution in [0.15, 0.2) is 53.9 Å². The van der Waals surface area contributed by atoms with Crippen molar-refractivity contribution in [3.8, 4) is 23.0 Å². The Balaban J connectivity index is 1.78. The van der Waals surface area contributed by atoms with E-state index < -0.39 is 23.8 Å². The van der Waals surface area contributed by atoms with Gasteiger partial charge < -0.3 is 34.3 Å². The lowest BCUT2D eigenvalue weighted by atomic mass is 10.0. The molecule has 224 valence electrons. The predicted molar refractivity (Wildman–Crippen MR) is 158 cm³/mol. The summed E-state index contributed by atoms with van der Waals surface area (Å²) in [5.41, 5.74) is 0.783. The van der Waals surface area contributed by atoms with E-state index in [2.05, 4.69) is 10.6 Å². The van der Waals surface area contributed by atoms with Crippen molar-refractivity contribution in [3.05, 3.63) is 64.4 Å². The number of ether oxygens (including phenoxy) is 5. The van der Waals surface area contributed by atoms with Gasteiger partial charge in [0, 0.05) is 31.4 Å². The number of anilines is 1. The molecule has 1 aliphatic rings. The van der Waals surface area contributed by atoms with E-state index in [0.717, 1.165) is 12.8 Å². The van der Waals surface area contributed by atoms with Crippen molar-refractivity contribution in [2.75, 3.05) is 53.0 Å². The number of rotatable bonds is 13. The summed E-state index contributed by atoms with van der Waals surface area (Å²) in [6, 6.07) is 12.2. The van der Waals surface area contributed by atoms with Crippen LogP contribution in [0.25, 0.3) is 0 Å². The van der Waals surface area contributed by atoms with Crippen LogP contribution < -0.4 is 34.5 Å². The minimum Gasteiger partial charge on any atom is -0.497 e. The zero-order chi connectivity index (χ0) is 30.1. The maximum absolute atomic E-state index is 14.0. The van der Waals surface area contributed by atoms with Gasteiger partial charge in [0.25, 0.3) is 5.91 Å². The van der Waals surface area contributed by atoms with Gasteiger partial charge in [0.15, 0.2) is 11.5 Å². The first-order valence-electron chi connectivity index (χ1n) is 13.4. The van der Waals surface area contributed by atoms with Crippen LogP contribution in [0, 0.1) is 0 Å². The highest BCUT2D eigenvalue weighted by Gasteiger charge is 2.35. The third kappa shape index (κ3) is 7.31. The molecule has 1 aromatic heterocycles. The van der Waals surface area contributed by atoms with Gasteiger partial charge in [-0.05, 0) is 42.0 Å². The van der Waals surface area contributed by atoms with Gasteiger partial charge in [-0.1, -0.05) is 12.1 Å². The lowest BCUT2D eigenvalue weighted by Gasteiger charge is -2.32. The normalized spacial score (nSPS) is 14.9. The fourth-order valence-corrected chi connectivity index (χ4v) is 5.30. The molecule has 2 atom stereocenters. The van der Waals surface area contributed by atoms with Gasteiger partial charge in [-0.2, -0.15) is 0 Å². The molecule has 2 aromatic carbocycles. The van der Waals surface area contributed by atoms with E-state index in [4.69, 9.17) is 23.7 Å². The van der Waals surface area contributed by atoms with Crippen LogP contribution in [0.3, 0.4) is 0 Å². The molecule has 3 amide bonds. The molecular weight excluding hydrogens is 562 g/mol. The van der Waals surface area contributed by atoms with Crippen LogP contribution in [-0.2, 0) is 14.3 Å². The smallest absolute Gasteiger partial charge is 0.261 e. The van der Waals surface area contributed by atoms with Crippen molar-refractivity contribution in [2.24, 2.45) is 0 Å². The van der Waals surface area contributed by atoms with Crippen LogP contribution in [0.1, 0.15) is 34.1 Å². The van der Waals surface area contributed by atoms with Crippen LogP contribution in [0.5, 0.6) is 23.0 Å². The lowest BCUT2D eigenvalue weighted by molar-refractivity contribution is -0.126. The number of hydrogen-bond donors (Lipinski definition) is 2. The predicted octanol–water partition coefficient (Wildman–Crippen LogP) is 3.58. The number of nitrogens with zero attached hydrogens (tertiary/aromatic N) is 1. The first-order valence-corrected chi connectivity index (χ1v) is 14.2. The molecule has 2 heterocycles. The fourth-order valence-electron chi connectivity index (χ4n) is 4.66. The Bertz CT molecular complexity index is 1350. The summed E-state index contributed by atoms with van der Waals surface area (Å²) in [7, 11) is 5.99. The van der Waals surface area contributed by atoms with Crippen molar-refractivity contribution in [2.45, 2.75) is 25.0 Å². The largest absolute Gasteiger partial charge is 0.497 e. The molecule has 0 bridgehead atoms. The van der Waals surface area contributed by atoms with Crippen LogP contribution in [-0.4, -0.2) is 72.0 Å². The second-order valence-electron chi connectivity index (χ2n) is 9.39. The van der Waals surface area contributed by atoms with Crippen molar-refractivity contribution < 1.29 is 38.1 Å². The van der Waals surface area contributed by atoms with Gasteiger partial charge in [0.1, 0.15) is 17.5 Å². The van der Waals surface area contributed by atoms with Crippen LogP contribution >= 0.6 is 11.3 Å². The highest BCUT2D eigenvalue weighted by molar-refractivity contribution is 7.12. The topological polar surface area (TPSA) is 125 Å². The molecular formula is C30H35N3O8S. The minimum atomic E-state index is -1.17. The second-order valence-corrected chi connectivity index (χ2v) is 10.3. The quantitative estimate of drug-likeness (QED) is 0.307. The van der Waals surface area contributed by atoms with Crippen molar-refractivity contribution in [1.82, 2.24) is 10.6 Å². The Morgan fingerprint density at radius 2 is 1.69 bits per heavy atom. The Labute approximate surface area is 248 Å². The lowest BCUT2D eigenvalue weighted by Crippen LogP contribution is -2.48. The zero-order valence-electron chi connectivity index (χ0n) is 24.0. The van der Waals surface area contributed by atoms with E-state index >= 15 is 0 Å². The number of methoxy groups -OCH3 is 4. The molecule has 2 N–H and O–H groups in total. The third-order valence-corrected chi connectivity index (χ3v) is 7.65. The number of benzene rings is 2. The summed E-state index contributed by atoms with van der Waals surface area (Å²) in [5, 5.41) is 7.41. The molecule has 4 rings (SSSR count). The van der Waals surface area contributed by atoms with Crippen molar-refractivity contribution >= 4 is 34.7 Å². The molecule has 3 aromatic rings. The van der Waals surface area contributed by atoms with Crippen molar-refractivity contribution in [3.63, 3.8) is 0 Å². The Kier molecular flexibility index (Phi) is 10.6. The summed E-state index contributed by atoms with van der Waals surface area (Å²) in [6.45, 7) is 0.540. The molecule has 12 heteroatoms. The number of nitrogens with one attached hydrogen (secondary N) is 2. The van der Waals surface area contributed by atoms with Gasteiger partial charge in [-0.15, -0.1) is 11.3 Å². The zero-order valence-corrected chi connectivity index (χ0v) is 24.8. The molecule has 42 heavy (non-hydrogen) atoms. The monoisotopic (exact) mass is 597 g/mol. The van der Waals surface area contributed by atoms with Crippen LogP contribution in [0.4, 0.5) is 5.69 Å².